The van der Waals surface area contributed by atoms with Crippen LogP contribution in [0.4, 0.5) is 0 Å². The third-order valence-electron chi connectivity index (χ3n) is 3.27. The van der Waals surface area contributed by atoms with Crippen LogP contribution in [0.1, 0.15) is 26.3 Å². The van der Waals surface area contributed by atoms with Crippen molar-refractivity contribution in [3.8, 4) is 0 Å². The van der Waals surface area contributed by atoms with Gasteiger partial charge in [0.15, 0.2) is 0 Å². The van der Waals surface area contributed by atoms with Gasteiger partial charge in [-0.1, -0.05) is 20.8 Å². The van der Waals surface area contributed by atoms with E-state index >= 15 is 0 Å². The number of aliphatic hydroxyl groups is 1. The molecule has 3 N–H and O–H groups in total. The standard InChI is InChI=1S/C13H20N4O2/c1-13(2,3)11-10(18)9(14)12(19)17(11)7-8-5-15-16(4)6-8/h5-6,11,18H,7,14H2,1-4H3/t11-/m1/s1. The number of rotatable bonds is 2. The fourth-order valence-electron chi connectivity index (χ4n) is 2.47. The zero-order valence-corrected chi connectivity index (χ0v) is 11.7. The van der Waals surface area contributed by atoms with Gasteiger partial charge in [0.2, 0.25) is 0 Å². The van der Waals surface area contributed by atoms with Crippen LogP contribution in [0, 0.1) is 5.41 Å². The highest BCUT2D eigenvalue weighted by Crippen LogP contribution is 2.35. The molecule has 1 atom stereocenters. The highest BCUT2D eigenvalue weighted by atomic mass is 16.3. The van der Waals surface area contributed by atoms with E-state index in [0.29, 0.717) is 6.54 Å². The Hall–Kier alpha value is -1.98. The van der Waals surface area contributed by atoms with Crippen molar-refractivity contribution in [2.45, 2.75) is 33.4 Å². The SMILES string of the molecule is Cn1cc(CN2C(=O)C(N)=C(O)[C@@H]2C(C)(C)C)cn1. The van der Waals surface area contributed by atoms with Gasteiger partial charge in [-0.3, -0.25) is 9.48 Å². The predicted octanol–water partition coefficient (Wildman–Crippen LogP) is 0.905. The molecule has 19 heavy (non-hydrogen) atoms. The van der Waals surface area contributed by atoms with Gasteiger partial charge in [-0.05, 0) is 5.41 Å². The lowest BCUT2D eigenvalue weighted by Gasteiger charge is -2.34. The van der Waals surface area contributed by atoms with E-state index in [-0.39, 0.29) is 22.8 Å². The Balaban J connectivity index is 2.31. The average molecular weight is 264 g/mol. The highest BCUT2D eigenvalue weighted by Gasteiger charge is 2.44. The van der Waals surface area contributed by atoms with Crippen LogP contribution in [0.15, 0.2) is 23.8 Å². The molecule has 2 rings (SSSR count). The first-order valence-corrected chi connectivity index (χ1v) is 6.19. The zero-order chi connectivity index (χ0) is 14.4. The summed E-state index contributed by atoms with van der Waals surface area (Å²) in [5.74, 6) is -0.345. The molecule has 6 heteroatoms. The summed E-state index contributed by atoms with van der Waals surface area (Å²) in [5.41, 5.74) is 6.24. The number of nitrogens with zero attached hydrogens (tertiary/aromatic N) is 3. The lowest BCUT2D eigenvalue weighted by Crippen LogP contribution is -2.43. The van der Waals surface area contributed by atoms with E-state index in [0.717, 1.165) is 5.56 Å². The largest absolute Gasteiger partial charge is 0.508 e. The van der Waals surface area contributed by atoms with Gasteiger partial charge in [0.05, 0.1) is 12.2 Å². The van der Waals surface area contributed by atoms with Crippen LogP contribution >= 0.6 is 0 Å². The Labute approximate surface area is 112 Å². The normalized spacial score (nSPS) is 20.5. The van der Waals surface area contributed by atoms with E-state index < -0.39 is 6.04 Å². The maximum absolute atomic E-state index is 12.1. The molecule has 6 nitrogen and oxygen atoms in total. The lowest BCUT2D eigenvalue weighted by molar-refractivity contribution is -0.129. The quantitative estimate of drug-likeness (QED) is 0.831. The first kappa shape index (κ1) is 13.5. The first-order chi connectivity index (χ1) is 8.71. The Kier molecular flexibility index (Phi) is 3.04. The third kappa shape index (κ3) is 2.30. The average Bonchev–Trinajstić information content (AvgIpc) is 2.77. The summed E-state index contributed by atoms with van der Waals surface area (Å²) >= 11 is 0. The number of hydrogen-bond acceptors (Lipinski definition) is 4. The fourth-order valence-corrected chi connectivity index (χ4v) is 2.47. The van der Waals surface area contributed by atoms with Gasteiger partial charge in [0, 0.05) is 25.4 Å². The molecule has 1 aromatic heterocycles. The van der Waals surface area contributed by atoms with Crippen molar-refractivity contribution in [2.75, 3.05) is 0 Å². The minimum absolute atomic E-state index is 0.0265. The summed E-state index contributed by atoms with van der Waals surface area (Å²) in [6.07, 6.45) is 3.55. The zero-order valence-electron chi connectivity index (χ0n) is 11.7. The van der Waals surface area contributed by atoms with Crippen LogP contribution in [0.3, 0.4) is 0 Å². The smallest absolute Gasteiger partial charge is 0.274 e. The van der Waals surface area contributed by atoms with Crippen LogP contribution in [0.5, 0.6) is 0 Å². The van der Waals surface area contributed by atoms with Crippen molar-refractivity contribution in [3.05, 3.63) is 29.4 Å². The summed E-state index contributed by atoms with van der Waals surface area (Å²) in [6, 6.07) is -0.403. The second-order valence-corrected chi connectivity index (χ2v) is 6.02. The van der Waals surface area contributed by atoms with Crippen molar-refractivity contribution in [1.82, 2.24) is 14.7 Å². The molecule has 0 fully saturated rings. The van der Waals surface area contributed by atoms with Crippen LogP contribution < -0.4 is 5.73 Å². The molecule has 0 saturated carbocycles. The van der Waals surface area contributed by atoms with Gasteiger partial charge in [-0.25, -0.2) is 0 Å². The van der Waals surface area contributed by atoms with Crippen molar-refractivity contribution in [1.29, 1.82) is 0 Å². The van der Waals surface area contributed by atoms with E-state index in [1.54, 1.807) is 15.8 Å². The van der Waals surface area contributed by atoms with Crippen molar-refractivity contribution >= 4 is 5.91 Å². The van der Waals surface area contributed by atoms with Gasteiger partial charge < -0.3 is 15.7 Å². The molecular formula is C13H20N4O2. The van der Waals surface area contributed by atoms with E-state index in [4.69, 9.17) is 5.73 Å². The Bertz CT molecular complexity index is 539. The van der Waals surface area contributed by atoms with Crippen molar-refractivity contribution < 1.29 is 9.90 Å². The number of carbonyl (C=O) groups is 1. The van der Waals surface area contributed by atoms with Crippen molar-refractivity contribution in [2.24, 2.45) is 18.2 Å². The topological polar surface area (TPSA) is 84.4 Å². The fraction of sp³-hybridized carbons (Fsp3) is 0.538. The molecule has 0 bridgehead atoms. The van der Waals surface area contributed by atoms with Crippen LogP contribution in [0.25, 0.3) is 0 Å². The van der Waals surface area contributed by atoms with Crippen LogP contribution in [-0.4, -0.2) is 31.7 Å². The lowest BCUT2D eigenvalue weighted by atomic mass is 9.85. The summed E-state index contributed by atoms with van der Waals surface area (Å²) in [6.45, 7) is 6.29. The second kappa shape index (κ2) is 4.29. The molecule has 0 aliphatic carbocycles. The van der Waals surface area contributed by atoms with Crippen LogP contribution in [-0.2, 0) is 18.4 Å². The minimum Gasteiger partial charge on any atom is -0.508 e. The molecule has 0 aromatic carbocycles. The molecular weight excluding hydrogens is 244 g/mol. The number of nitrogens with two attached hydrogens (primary N) is 1. The molecule has 2 heterocycles. The number of aliphatic hydroxyl groups excluding tert-OH is 1. The number of aryl methyl sites for hydroxylation is 1. The maximum atomic E-state index is 12.1. The first-order valence-electron chi connectivity index (χ1n) is 6.19. The summed E-state index contributed by atoms with van der Waals surface area (Å²) < 4.78 is 1.68. The van der Waals surface area contributed by atoms with Crippen LogP contribution in [0.2, 0.25) is 0 Å². The van der Waals surface area contributed by atoms with Gasteiger partial charge in [0.1, 0.15) is 11.5 Å². The van der Waals surface area contributed by atoms with Crippen molar-refractivity contribution in [3.63, 3.8) is 0 Å². The van der Waals surface area contributed by atoms with Gasteiger partial charge in [0.25, 0.3) is 5.91 Å². The summed E-state index contributed by atoms with van der Waals surface area (Å²) in [5, 5.41) is 14.2. The molecule has 0 saturated heterocycles. The number of aromatic nitrogens is 2. The molecule has 0 unspecified atom stereocenters. The Morgan fingerprint density at radius 3 is 2.58 bits per heavy atom. The molecule has 1 aromatic rings. The summed E-state index contributed by atoms with van der Waals surface area (Å²) in [7, 11) is 1.82. The van der Waals surface area contributed by atoms with Gasteiger partial charge >= 0.3 is 0 Å². The highest BCUT2D eigenvalue weighted by molar-refractivity contribution is 5.96. The Morgan fingerprint density at radius 1 is 1.47 bits per heavy atom. The van der Waals surface area contributed by atoms with E-state index in [1.807, 2.05) is 34.0 Å². The predicted molar refractivity (Wildman–Crippen MR) is 70.8 cm³/mol. The van der Waals surface area contributed by atoms with E-state index in [1.165, 1.54) is 0 Å². The van der Waals surface area contributed by atoms with Gasteiger partial charge in [-0.2, -0.15) is 5.10 Å². The van der Waals surface area contributed by atoms with E-state index in [9.17, 15) is 9.90 Å². The number of amides is 1. The van der Waals surface area contributed by atoms with E-state index in [2.05, 4.69) is 5.10 Å². The second-order valence-electron chi connectivity index (χ2n) is 6.02. The number of hydrogen-bond donors (Lipinski definition) is 2. The maximum Gasteiger partial charge on any atom is 0.274 e. The molecule has 0 spiro atoms. The minimum atomic E-state index is -0.403. The molecule has 1 aliphatic rings. The monoisotopic (exact) mass is 264 g/mol. The molecule has 104 valence electrons. The molecule has 1 aliphatic heterocycles. The Morgan fingerprint density at radius 2 is 2.11 bits per heavy atom. The number of carbonyl (C=O) groups excluding carboxylic acids is 1. The molecule has 1 amide bonds. The summed E-state index contributed by atoms with van der Waals surface area (Å²) in [4.78, 5) is 13.7. The molecule has 0 radical (unpaired) electrons. The van der Waals surface area contributed by atoms with Gasteiger partial charge in [-0.15, -0.1) is 0 Å². The third-order valence-corrected chi connectivity index (χ3v) is 3.27.